The van der Waals surface area contributed by atoms with Crippen LogP contribution in [0.2, 0.25) is 5.15 Å². The fraction of sp³-hybridized carbons (Fsp3) is 0.357. The Morgan fingerprint density at radius 3 is 2.89 bits per heavy atom. The normalized spacial score (nSPS) is 10.7. The van der Waals surface area contributed by atoms with Gasteiger partial charge in [-0.3, -0.25) is 0 Å². The lowest BCUT2D eigenvalue weighted by atomic mass is 10.2. The van der Waals surface area contributed by atoms with Gasteiger partial charge in [-0.2, -0.15) is 0 Å². The first-order valence-electron chi connectivity index (χ1n) is 6.42. The van der Waals surface area contributed by atoms with Crippen molar-refractivity contribution >= 4 is 39.9 Å². The number of para-hydroxylation sites is 1. The second kappa shape index (κ2) is 7.14. The highest BCUT2D eigenvalue weighted by molar-refractivity contribution is 14.1. The van der Waals surface area contributed by atoms with Crippen LogP contribution in [0, 0.1) is 3.57 Å². The molecule has 0 aliphatic heterocycles. The van der Waals surface area contributed by atoms with Crippen molar-refractivity contribution in [3.05, 3.63) is 44.5 Å². The zero-order valence-corrected chi connectivity index (χ0v) is 13.8. The summed E-state index contributed by atoms with van der Waals surface area (Å²) in [6.07, 6.45) is 3.25. The van der Waals surface area contributed by atoms with E-state index in [-0.39, 0.29) is 0 Å². The highest BCUT2D eigenvalue weighted by Gasteiger charge is 2.08. The molecule has 2 rings (SSSR count). The highest BCUT2D eigenvalue weighted by Crippen LogP contribution is 2.20. The molecule has 0 fully saturated rings. The van der Waals surface area contributed by atoms with Crippen LogP contribution in [0.4, 0.5) is 5.69 Å². The number of hydrogen-bond donors (Lipinski definition) is 2. The van der Waals surface area contributed by atoms with Crippen molar-refractivity contribution in [2.24, 2.45) is 0 Å². The first kappa shape index (κ1) is 14.7. The van der Waals surface area contributed by atoms with Crippen LogP contribution in [0.3, 0.4) is 0 Å². The predicted molar refractivity (Wildman–Crippen MR) is 88.7 cm³/mol. The Balaban J connectivity index is 1.99. The summed E-state index contributed by atoms with van der Waals surface area (Å²) in [4.78, 5) is 7.65. The number of unbranched alkanes of at least 4 members (excludes halogenated alkanes) is 1. The molecule has 0 radical (unpaired) electrons. The van der Waals surface area contributed by atoms with Gasteiger partial charge in [0, 0.05) is 15.7 Å². The van der Waals surface area contributed by atoms with Gasteiger partial charge in [0.05, 0.1) is 12.2 Å². The van der Waals surface area contributed by atoms with Crippen LogP contribution in [0.5, 0.6) is 0 Å². The molecule has 1 aromatic carbocycles. The maximum Gasteiger partial charge on any atom is 0.152 e. The summed E-state index contributed by atoms with van der Waals surface area (Å²) in [6, 6.07) is 8.18. The molecule has 2 aromatic rings. The van der Waals surface area contributed by atoms with Crippen molar-refractivity contribution in [1.29, 1.82) is 0 Å². The van der Waals surface area contributed by atoms with Crippen LogP contribution in [-0.2, 0) is 13.0 Å². The number of anilines is 1. The predicted octanol–water partition coefficient (Wildman–Crippen LogP) is 4.62. The molecule has 0 amide bonds. The fourth-order valence-corrected chi connectivity index (χ4v) is 2.60. The van der Waals surface area contributed by atoms with E-state index in [0.717, 1.165) is 36.5 Å². The monoisotopic (exact) mass is 389 g/mol. The number of aryl methyl sites for hydroxylation is 1. The number of benzene rings is 1. The van der Waals surface area contributed by atoms with Gasteiger partial charge in [-0.1, -0.05) is 37.1 Å². The number of nitrogens with one attached hydrogen (secondary N) is 2. The minimum absolute atomic E-state index is 0.574. The number of aromatic amines is 1. The van der Waals surface area contributed by atoms with Gasteiger partial charge >= 0.3 is 0 Å². The fourth-order valence-electron chi connectivity index (χ4n) is 1.81. The zero-order chi connectivity index (χ0) is 13.7. The molecule has 1 heterocycles. The summed E-state index contributed by atoms with van der Waals surface area (Å²) in [5, 5.41) is 3.95. The summed E-state index contributed by atoms with van der Waals surface area (Å²) < 4.78 is 1.20. The average molecular weight is 390 g/mol. The van der Waals surface area contributed by atoms with Crippen LogP contribution >= 0.6 is 34.2 Å². The summed E-state index contributed by atoms with van der Waals surface area (Å²) in [5.74, 6) is 0.978. The number of H-pyrrole nitrogens is 1. The van der Waals surface area contributed by atoms with Crippen molar-refractivity contribution in [2.75, 3.05) is 5.32 Å². The molecular formula is C14H17ClIN3. The smallest absolute Gasteiger partial charge is 0.152 e. The molecule has 3 nitrogen and oxygen atoms in total. The van der Waals surface area contributed by atoms with Crippen molar-refractivity contribution in [2.45, 2.75) is 32.7 Å². The third kappa shape index (κ3) is 4.11. The Kier molecular flexibility index (Phi) is 5.51. The second-order valence-electron chi connectivity index (χ2n) is 4.39. The molecule has 0 atom stereocenters. The Hall–Kier alpha value is -0.750. The highest BCUT2D eigenvalue weighted by atomic mass is 127. The van der Waals surface area contributed by atoms with E-state index in [1.807, 2.05) is 12.1 Å². The molecule has 19 heavy (non-hydrogen) atoms. The number of nitrogens with zero attached hydrogens (tertiary/aromatic N) is 1. The SMILES string of the molecule is CCCCc1nc(Cl)c(CNc2ccccc2I)[nH]1. The van der Waals surface area contributed by atoms with Crippen molar-refractivity contribution < 1.29 is 0 Å². The van der Waals surface area contributed by atoms with E-state index < -0.39 is 0 Å². The summed E-state index contributed by atoms with van der Waals surface area (Å²) in [6.45, 7) is 2.84. The molecule has 0 bridgehead atoms. The van der Waals surface area contributed by atoms with Crippen LogP contribution in [0.1, 0.15) is 31.3 Å². The van der Waals surface area contributed by atoms with Gasteiger partial charge in [0.25, 0.3) is 0 Å². The van der Waals surface area contributed by atoms with Gasteiger partial charge in [0.15, 0.2) is 5.15 Å². The van der Waals surface area contributed by atoms with Gasteiger partial charge in [-0.05, 0) is 41.1 Å². The van der Waals surface area contributed by atoms with Gasteiger partial charge in [-0.15, -0.1) is 0 Å². The van der Waals surface area contributed by atoms with E-state index in [1.165, 1.54) is 3.57 Å². The van der Waals surface area contributed by atoms with Gasteiger partial charge in [0.1, 0.15) is 5.82 Å². The Bertz CT molecular complexity index is 539. The van der Waals surface area contributed by atoms with E-state index in [2.05, 4.69) is 56.9 Å². The van der Waals surface area contributed by atoms with Crippen LogP contribution in [0.15, 0.2) is 24.3 Å². The second-order valence-corrected chi connectivity index (χ2v) is 5.91. The third-order valence-corrected chi connectivity index (χ3v) is 4.13. The summed E-state index contributed by atoms with van der Waals surface area (Å²) in [5.41, 5.74) is 2.07. The molecule has 0 aliphatic carbocycles. The van der Waals surface area contributed by atoms with E-state index >= 15 is 0 Å². The van der Waals surface area contributed by atoms with E-state index in [0.29, 0.717) is 11.7 Å². The van der Waals surface area contributed by atoms with E-state index in [1.54, 1.807) is 0 Å². The topological polar surface area (TPSA) is 40.7 Å². The van der Waals surface area contributed by atoms with E-state index in [9.17, 15) is 0 Å². The molecule has 5 heteroatoms. The van der Waals surface area contributed by atoms with Gasteiger partial charge in [-0.25, -0.2) is 4.98 Å². The van der Waals surface area contributed by atoms with Crippen molar-refractivity contribution in [3.8, 4) is 0 Å². The number of hydrogen-bond acceptors (Lipinski definition) is 2. The molecule has 0 saturated heterocycles. The molecule has 0 spiro atoms. The number of aromatic nitrogens is 2. The van der Waals surface area contributed by atoms with Crippen molar-refractivity contribution in [3.63, 3.8) is 0 Å². The summed E-state index contributed by atoms with van der Waals surface area (Å²) in [7, 11) is 0. The number of halogens is 2. The molecule has 0 aliphatic rings. The number of imidazole rings is 1. The molecule has 1 aromatic heterocycles. The molecular weight excluding hydrogens is 373 g/mol. The van der Waals surface area contributed by atoms with Crippen LogP contribution in [-0.4, -0.2) is 9.97 Å². The minimum atomic E-state index is 0.574. The average Bonchev–Trinajstić information content (AvgIpc) is 2.76. The Morgan fingerprint density at radius 1 is 1.37 bits per heavy atom. The van der Waals surface area contributed by atoms with Crippen LogP contribution < -0.4 is 5.32 Å². The first-order valence-corrected chi connectivity index (χ1v) is 7.88. The molecule has 2 N–H and O–H groups in total. The molecule has 0 unspecified atom stereocenters. The Labute approximate surface area is 132 Å². The lowest BCUT2D eigenvalue weighted by Crippen LogP contribution is -2.02. The largest absolute Gasteiger partial charge is 0.378 e. The third-order valence-electron chi connectivity index (χ3n) is 2.87. The Morgan fingerprint density at radius 2 is 2.16 bits per heavy atom. The maximum absolute atomic E-state index is 6.15. The maximum atomic E-state index is 6.15. The number of rotatable bonds is 6. The summed E-state index contributed by atoms with van der Waals surface area (Å²) >= 11 is 8.46. The van der Waals surface area contributed by atoms with Gasteiger partial charge in [0.2, 0.25) is 0 Å². The first-order chi connectivity index (χ1) is 9.20. The zero-order valence-electron chi connectivity index (χ0n) is 10.8. The lowest BCUT2D eigenvalue weighted by Gasteiger charge is -2.07. The van der Waals surface area contributed by atoms with Gasteiger partial charge < -0.3 is 10.3 Å². The van der Waals surface area contributed by atoms with Crippen LogP contribution in [0.25, 0.3) is 0 Å². The molecule has 0 saturated carbocycles. The lowest BCUT2D eigenvalue weighted by molar-refractivity contribution is 0.760. The van der Waals surface area contributed by atoms with Crippen molar-refractivity contribution in [1.82, 2.24) is 9.97 Å². The minimum Gasteiger partial charge on any atom is -0.378 e. The quantitative estimate of drug-likeness (QED) is 0.708. The van der Waals surface area contributed by atoms with E-state index in [4.69, 9.17) is 11.6 Å². The molecule has 102 valence electrons. The standard InChI is InChI=1S/C14H17ClIN3/c1-2-3-8-13-18-12(14(15)19-13)9-17-11-7-5-4-6-10(11)16/h4-7,17H,2-3,8-9H2,1H3,(H,18,19).